The normalized spacial score (nSPS) is 17.5. The van der Waals surface area contributed by atoms with Crippen LogP contribution in [-0.4, -0.2) is 76.6 Å². The lowest BCUT2D eigenvalue weighted by Gasteiger charge is -2.39. The minimum Gasteiger partial charge on any atom is -0.349 e. The van der Waals surface area contributed by atoms with E-state index >= 15 is 0 Å². The average molecular weight is 334 g/mol. The number of rotatable bonds is 5. The van der Waals surface area contributed by atoms with Crippen LogP contribution in [0, 0.1) is 0 Å². The number of nitrogens with zero attached hydrogens (tertiary/aromatic N) is 3. The number of amides is 4. The molecule has 2 aliphatic rings. The highest BCUT2D eigenvalue weighted by atomic mass is 16.2. The van der Waals surface area contributed by atoms with Gasteiger partial charge in [-0.3, -0.25) is 14.7 Å². The first kappa shape index (κ1) is 16.3. The Morgan fingerprint density at radius 2 is 1.96 bits per heavy atom. The summed E-state index contributed by atoms with van der Waals surface area (Å²) < 4.78 is 0. The Balaban J connectivity index is 1.31. The summed E-state index contributed by atoms with van der Waals surface area (Å²) in [6, 6.07) is 1.55. The molecular formula is C15H22N6O3. The molecule has 0 bridgehead atoms. The Labute approximate surface area is 139 Å². The SMILES string of the molecule is O=C(Cc1ccn[nH]1)NC1CN(C(=O)CNC(=O)N2CCCC2)C1. The van der Waals surface area contributed by atoms with E-state index in [1.165, 1.54) is 0 Å². The fourth-order valence-corrected chi connectivity index (χ4v) is 2.90. The number of hydrogen-bond acceptors (Lipinski definition) is 4. The van der Waals surface area contributed by atoms with Gasteiger partial charge in [0, 0.05) is 38.1 Å². The smallest absolute Gasteiger partial charge is 0.317 e. The molecule has 0 atom stereocenters. The zero-order valence-corrected chi connectivity index (χ0v) is 13.5. The van der Waals surface area contributed by atoms with Gasteiger partial charge in [0.05, 0.1) is 19.0 Å². The van der Waals surface area contributed by atoms with Crippen molar-refractivity contribution in [2.75, 3.05) is 32.7 Å². The highest BCUT2D eigenvalue weighted by Crippen LogP contribution is 2.09. The van der Waals surface area contributed by atoms with Crippen molar-refractivity contribution in [1.82, 2.24) is 30.6 Å². The summed E-state index contributed by atoms with van der Waals surface area (Å²) in [4.78, 5) is 39.0. The van der Waals surface area contributed by atoms with Crippen molar-refractivity contribution in [3.8, 4) is 0 Å². The second-order valence-corrected chi connectivity index (χ2v) is 6.17. The molecule has 24 heavy (non-hydrogen) atoms. The Bertz CT molecular complexity index is 590. The minimum absolute atomic E-state index is 0.00411. The van der Waals surface area contributed by atoms with E-state index in [2.05, 4.69) is 20.8 Å². The van der Waals surface area contributed by atoms with Crippen LogP contribution in [0.3, 0.4) is 0 Å². The standard InChI is InChI=1S/C15H22N6O3/c22-13(7-11-3-4-17-19-11)18-12-9-21(10-12)14(23)8-16-15(24)20-5-1-2-6-20/h3-4,12H,1-2,5-10H2,(H,16,24)(H,17,19)(H,18,22). The van der Waals surface area contributed by atoms with Crippen LogP contribution in [0.2, 0.25) is 0 Å². The van der Waals surface area contributed by atoms with Crippen LogP contribution < -0.4 is 10.6 Å². The molecule has 0 spiro atoms. The summed E-state index contributed by atoms with van der Waals surface area (Å²) in [5.74, 6) is -0.222. The molecule has 0 unspecified atom stereocenters. The number of hydrogen-bond donors (Lipinski definition) is 3. The molecule has 1 aromatic rings. The van der Waals surface area contributed by atoms with Gasteiger partial charge in [-0.1, -0.05) is 0 Å². The summed E-state index contributed by atoms with van der Waals surface area (Å²) in [6.07, 6.45) is 3.89. The van der Waals surface area contributed by atoms with Gasteiger partial charge in [0.15, 0.2) is 0 Å². The molecule has 0 radical (unpaired) electrons. The second-order valence-electron chi connectivity index (χ2n) is 6.17. The molecule has 9 nitrogen and oxygen atoms in total. The van der Waals surface area contributed by atoms with E-state index in [1.807, 2.05) is 0 Å². The molecule has 130 valence electrons. The molecule has 2 fully saturated rings. The average Bonchev–Trinajstić information content (AvgIpc) is 3.20. The van der Waals surface area contributed by atoms with E-state index in [1.54, 1.807) is 22.1 Å². The first-order valence-corrected chi connectivity index (χ1v) is 8.20. The Morgan fingerprint density at radius 3 is 2.62 bits per heavy atom. The van der Waals surface area contributed by atoms with Gasteiger partial charge in [-0.05, 0) is 18.9 Å². The first-order chi connectivity index (χ1) is 11.6. The molecule has 1 aromatic heterocycles. The largest absolute Gasteiger partial charge is 0.349 e. The van der Waals surface area contributed by atoms with Crippen molar-refractivity contribution in [3.63, 3.8) is 0 Å². The lowest BCUT2D eigenvalue weighted by Crippen LogP contribution is -2.62. The number of urea groups is 1. The van der Waals surface area contributed by atoms with Gasteiger partial charge in [0.1, 0.15) is 0 Å². The molecule has 3 rings (SSSR count). The second kappa shape index (κ2) is 7.33. The van der Waals surface area contributed by atoms with E-state index in [9.17, 15) is 14.4 Å². The lowest BCUT2D eigenvalue weighted by molar-refractivity contribution is -0.136. The number of nitrogens with one attached hydrogen (secondary N) is 3. The molecule has 0 saturated carbocycles. The first-order valence-electron chi connectivity index (χ1n) is 8.20. The van der Waals surface area contributed by atoms with Crippen LogP contribution in [0.5, 0.6) is 0 Å². The minimum atomic E-state index is -0.175. The highest BCUT2D eigenvalue weighted by molar-refractivity contribution is 5.85. The van der Waals surface area contributed by atoms with Gasteiger partial charge in [-0.25, -0.2) is 4.79 Å². The number of carbonyl (C=O) groups excluding carboxylic acids is 3. The maximum absolute atomic E-state index is 12.0. The number of carbonyl (C=O) groups is 3. The molecule has 4 amide bonds. The number of aromatic amines is 1. The summed E-state index contributed by atoms with van der Waals surface area (Å²) >= 11 is 0. The molecule has 3 heterocycles. The number of likely N-dealkylation sites (tertiary alicyclic amines) is 2. The van der Waals surface area contributed by atoms with Gasteiger partial charge in [-0.2, -0.15) is 5.10 Å². The highest BCUT2D eigenvalue weighted by Gasteiger charge is 2.31. The van der Waals surface area contributed by atoms with Gasteiger partial charge in [0.25, 0.3) is 0 Å². The zero-order chi connectivity index (χ0) is 16.9. The third-order valence-electron chi connectivity index (χ3n) is 4.29. The Morgan fingerprint density at radius 1 is 1.21 bits per heavy atom. The van der Waals surface area contributed by atoms with Crippen molar-refractivity contribution in [2.45, 2.75) is 25.3 Å². The fraction of sp³-hybridized carbons (Fsp3) is 0.600. The van der Waals surface area contributed by atoms with Crippen LogP contribution in [-0.2, 0) is 16.0 Å². The molecule has 0 aliphatic carbocycles. The van der Waals surface area contributed by atoms with Crippen LogP contribution in [0.15, 0.2) is 12.3 Å². The molecule has 0 aromatic carbocycles. The van der Waals surface area contributed by atoms with Crippen molar-refractivity contribution in [1.29, 1.82) is 0 Å². The van der Waals surface area contributed by atoms with E-state index in [4.69, 9.17) is 0 Å². The third-order valence-corrected chi connectivity index (χ3v) is 4.29. The number of H-pyrrole nitrogens is 1. The van der Waals surface area contributed by atoms with Crippen molar-refractivity contribution >= 4 is 17.8 Å². The van der Waals surface area contributed by atoms with Crippen LogP contribution in [0.25, 0.3) is 0 Å². The zero-order valence-electron chi connectivity index (χ0n) is 13.5. The topological polar surface area (TPSA) is 110 Å². The van der Waals surface area contributed by atoms with Crippen molar-refractivity contribution in [3.05, 3.63) is 18.0 Å². The Kier molecular flexibility index (Phi) is 4.97. The molecule has 3 N–H and O–H groups in total. The van der Waals surface area contributed by atoms with E-state index in [0.717, 1.165) is 31.6 Å². The van der Waals surface area contributed by atoms with Gasteiger partial charge < -0.3 is 20.4 Å². The monoisotopic (exact) mass is 334 g/mol. The summed E-state index contributed by atoms with van der Waals surface area (Å²) in [5, 5.41) is 12.1. The van der Waals surface area contributed by atoms with E-state index in [0.29, 0.717) is 13.1 Å². The predicted molar refractivity (Wildman–Crippen MR) is 85.0 cm³/mol. The quantitative estimate of drug-likeness (QED) is 0.647. The van der Waals surface area contributed by atoms with Crippen LogP contribution in [0.4, 0.5) is 4.79 Å². The molecular weight excluding hydrogens is 312 g/mol. The molecule has 2 saturated heterocycles. The summed E-state index contributed by atoms with van der Waals surface area (Å²) in [5.41, 5.74) is 0.754. The Hall–Kier alpha value is -2.58. The molecule has 9 heteroatoms. The number of aromatic nitrogens is 2. The van der Waals surface area contributed by atoms with Crippen molar-refractivity contribution < 1.29 is 14.4 Å². The van der Waals surface area contributed by atoms with Gasteiger partial charge in [-0.15, -0.1) is 0 Å². The fourth-order valence-electron chi connectivity index (χ4n) is 2.90. The van der Waals surface area contributed by atoms with Gasteiger partial charge in [0.2, 0.25) is 11.8 Å². The van der Waals surface area contributed by atoms with E-state index < -0.39 is 0 Å². The summed E-state index contributed by atoms with van der Waals surface area (Å²) in [7, 11) is 0. The van der Waals surface area contributed by atoms with Gasteiger partial charge >= 0.3 is 6.03 Å². The third kappa shape index (κ3) is 4.03. The van der Waals surface area contributed by atoms with E-state index in [-0.39, 0.29) is 36.9 Å². The predicted octanol–water partition coefficient (Wildman–Crippen LogP) is -0.915. The van der Waals surface area contributed by atoms with Crippen LogP contribution in [0.1, 0.15) is 18.5 Å². The maximum atomic E-state index is 12.0. The summed E-state index contributed by atoms with van der Waals surface area (Å²) in [6.45, 7) is 2.48. The maximum Gasteiger partial charge on any atom is 0.317 e. The molecule has 2 aliphatic heterocycles. The van der Waals surface area contributed by atoms with Crippen molar-refractivity contribution in [2.24, 2.45) is 0 Å². The lowest BCUT2D eigenvalue weighted by atomic mass is 10.1. The van der Waals surface area contributed by atoms with Crippen LogP contribution >= 0.6 is 0 Å².